The second-order valence-corrected chi connectivity index (χ2v) is 6.47. The molecule has 0 amide bonds. The SMILES string of the molecule is CCC1CCC(CN)C(Cc2ccc(C)c(C)c2)C1. The topological polar surface area (TPSA) is 26.0 Å². The third-order valence-corrected chi connectivity index (χ3v) is 5.20. The zero-order valence-electron chi connectivity index (χ0n) is 12.8. The fourth-order valence-corrected chi connectivity index (χ4v) is 3.59. The van der Waals surface area contributed by atoms with Crippen LogP contribution in [0.15, 0.2) is 18.2 Å². The van der Waals surface area contributed by atoms with Crippen LogP contribution in [0.25, 0.3) is 0 Å². The molecule has 0 saturated heterocycles. The van der Waals surface area contributed by atoms with Crippen LogP contribution in [0.3, 0.4) is 0 Å². The van der Waals surface area contributed by atoms with Gasteiger partial charge in [0.1, 0.15) is 0 Å². The fourth-order valence-electron chi connectivity index (χ4n) is 3.59. The molecule has 1 aromatic carbocycles. The summed E-state index contributed by atoms with van der Waals surface area (Å²) in [5.41, 5.74) is 10.3. The van der Waals surface area contributed by atoms with Gasteiger partial charge in [0.15, 0.2) is 0 Å². The third-order valence-electron chi connectivity index (χ3n) is 5.20. The van der Waals surface area contributed by atoms with Gasteiger partial charge in [-0.05, 0) is 74.1 Å². The Morgan fingerprint density at radius 2 is 1.89 bits per heavy atom. The normalized spacial score (nSPS) is 27.5. The van der Waals surface area contributed by atoms with E-state index in [-0.39, 0.29) is 0 Å². The maximum absolute atomic E-state index is 5.99. The van der Waals surface area contributed by atoms with E-state index in [2.05, 4.69) is 39.0 Å². The Kier molecular flexibility index (Phi) is 5.04. The average Bonchev–Trinajstić information content (AvgIpc) is 2.43. The van der Waals surface area contributed by atoms with Gasteiger partial charge in [-0.2, -0.15) is 0 Å². The predicted molar refractivity (Wildman–Crippen MR) is 83.3 cm³/mol. The van der Waals surface area contributed by atoms with Crippen molar-refractivity contribution in [3.05, 3.63) is 34.9 Å². The zero-order valence-corrected chi connectivity index (χ0v) is 12.8. The van der Waals surface area contributed by atoms with Crippen LogP contribution in [0.4, 0.5) is 0 Å². The van der Waals surface area contributed by atoms with E-state index in [9.17, 15) is 0 Å². The van der Waals surface area contributed by atoms with Gasteiger partial charge in [0.05, 0.1) is 0 Å². The molecular weight excluding hydrogens is 230 g/mol. The van der Waals surface area contributed by atoms with Crippen molar-refractivity contribution < 1.29 is 0 Å². The summed E-state index contributed by atoms with van der Waals surface area (Å²) in [7, 11) is 0. The third kappa shape index (κ3) is 3.60. The first-order valence-corrected chi connectivity index (χ1v) is 7.90. The Labute approximate surface area is 118 Å². The van der Waals surface area contributed by atoms with Gasteiger partial charge in [-0.25, -0.2) is 0 Å². The molecule has 2 N–H and O–H groups in total. The highest BCUT2D eigenvalue weighted by molar-refractivity contribution is 5.30. The molecule has 0 aliphatic heterocycles. The molecule has 1 aromatic rings. The van der Waals surface area contributed by atoms with E-state index in [1.807, 2.05) is 0 Å². The van der Waals surface area contributed by atoms with E-state index < -0.39 is 0 Å². The maximum atomic E-state index is 5.99. The Morgan fingerprint density at radius 1 is 1.11 bits per heavy atom. The summed E-state index contributed by atoms with van der Waals surface area (Å²) in [5.74, 6) is 2.47. The van der Waals surface area contributed by atoms with E-state index >= 15 is 0 Å². The standard InChI is InChI=1S/C18H29N/c1-4-15-7-8-17(12-19)18(10-15)11-16-6-5-13(2)14(3)9-16/h5-6,9,15,17-18H,4,7-8,10-12,19H2,1-3H3. The summed E-state index contributed by atoms with van der Waals surface area (Å²) in [6.07, 6.45) is 6.66. The van der Waals surface area contributed by atoms with Crippen molar-refractivity contribution in [2.24, 2.45) is 23.5 Å². The van der Waals surface area contributed by atoms with Crippen molar-refractivity contribution in [2.45, 2.75) is 52.9 Å². The smallest absolute Gasteiger partial charge is 0.00461 e. The molecule has 0 bridgehead atoms. The van der Waals surface area contributed by atoms with Crippen molar-refractivity contribution in [2.75, 3.05) is 6.54 Å². The minimum Gasteiger partial charge on any atom is -0.330 e. The van der Waals surface area contributed by atoms with Crippen LogP contribution < -0.4 is 5.73 Å². The molecule has 1 saturated carbocycles. The zero-order chi connectivity index (χ0) is 13.8. The van der Waals surface area contributed by atoms with Crippen LogP contribution in [0.5, 0.6) is 0 Å². The summed E-state index contributed by atoms with van der Waals surface area (Å²) >= 11 is 0. The van der Waals surface area contributed by atoms with Crippen LogP contribution in [0.1, 0.15) is 49.3 Å². The Morgan fingerprint density at radius 3 is 2.53 bits per heavy atom. The van der Waals surface area contributed by atoms with E-state index in [1.165, 1.54) is 48.8 Å². The van der Waals surface area contributed by atoms with E-state index in [1.54, 1.807) is 0 Å². The quantitative estimate of drug-likeness (QED) is 0.859. The Hall–Kier alpha value is -0.820. The summed E-state index contributed by atoms with van der Waals surface area (Å²) in [5, 5.41) is 0. The molecule has 0 heterocycles. The Bertz CT molecular complexity index is 410. The van der Waals surface area contributed by atoms with Crippen molar-refractivity contribution >= 4 is 0 Å². The minimum atomic E-state index is 0.740. The molecule has 106 valence electrons. The number of rotatable bonds is 4. The van der Waals surface area contributed by atoms with E-state index in [0.29, 0.717) is 0 Å². The molecule has 1 fully saturated rings. The van der Waals surface area contributed by atoms with Gasteiger partial charge in [-0.1, -0.05) is 38.0 Å². The van der Waals surface area contributed by atoms with Crippen LogP contribution in [-0.4, -0.2) is 6.54 Å². The monoisotopic (exact) mass is 259 g/mol. The summed E-state index contributed by atoms with van der Waals surface area (Å²) in [6, 6.07) is 6.95. The number of nitrogens with two attached hydrogens (primary N) is 1. The molecule has 19 heavy (non-hydrogen) atoms. The molecule has 3 atom stereocenters. The number of aryl methyl sites for hydroxylation is 2. The summed E-state index contributed by atoms with van der Waals surface area (Å²) in [6.45, 7) is 7.61. The highest BCUT2D eigenvalue weighted by atomic mass is 14.6. The molecular formula is C18H29N. The minimum absolute atomic E-state index is 0.740. The molecule has 1 nitrogen and oxygen atoms in total. The lowest BCUT2D eigenvalue weighted by atomic mass is 9.71. The number of benzene rings is 1. The molecule has 0 spiro atoms. The second-order valence-electron chi connectivity index (χ2n) is 6.47. The highest BCUT2D eigenvalue weighted by Crippen LogP contribution is 2.37. The van der Waals surface area contributed by atoms with Crippen molar-refractivity contribution in [3.8, 4) is 0 Å². The number of hydrogen-bond acceptors (Lipinski definition) is 1. The van der Waals surface area contributed by atoms with E-state index in [0.717, 1.165) is 24.3 Å². The van der Waals surface area contributed by atoms with Crippen molar-refractivity contribution in [3.63, 3.8) is 0 Å². The first kappa shape index (κ1) is 14.6. The molecule has 1 aliphatic carbocycles. The van der Waals surface area contributed by atoms with Gasteiger partial charge in [0.2, 0.25) is 0 Å². The molecule has 2 rings (SSSR count). The van der Waals surface area contributed by atoms with Crippen LogP contribution in [0, 0.1) is 31.6 Å². The van der Waals surface area contributed by atoms with Gasteiger partial charge in [-0.15, -0.1) is 0 Å². The van der Waals surface area contributed by atoms with Crippen LogP contribution in [-0.2, 0) is 6.42 Å². The maximum Gasteiger partial charge on any atom is -0.00461 e. The lowest BCUT2D eigenvalue weighted by molar-refractivity contribution is 0.180. The summed E-state index contributed by atoms with van der Waals surface area (Å²) < 4.78 is 0. The average molecular weight is 259 g/mol. The molecule has 1 aliphatic rings. The summed E-state index contributed by atoms with van der Waals surface area (Å²) in [4.78, 5) is 0. The van der Waals surface area contributed by atoms with Gasteiger partial charge in [0, 0.05) is 0 Å². The Balaban J connectivity index is 2.07. The van der Waals surface area contributed by atoms with Crippen LogP contribution in [0.2, 0.25) is 0 Å². The number of hydrogen-bond donors (Lipinski definition) is 1. The van der Waals surface area contributed by atoms with Gasteiger partial charge in [0.25, 0.3) is 0 Å². The molecule has 0 radical (unpaired) electrons. The lowest BCUT2D eigenvalue weighted by Crippen LogP contribution is -2.31. The molecule has 1 heteroatoms. The van der Waals surface area contributed by atoms with Gasteiger partial charge >= 0.3 is 0 Å². The van der Waals surface area contributed by atoms with Crippen molar-refractivity contribution in [1.82, 2.24) is 0 Å². The lowest BCUT2D eigenvalue weighted by Gasteiger charge is -2.35. The van der Waals surface area contributed by atoms with E-state index in [4.69, 9.17) is 5.73 Å². The fraction of sp³-hybridized carbons (Fsp3) is 0.667. The van der Waals surface area contributed by atoms with Gasteiger partial charge in [-0.3, -0.25) is 0 Å². The van der Waals surface area contributed by atoms with Crippen LogP contribution >= 0.6 is 0 Å². The largest absolute Gasteiger partial charge is 0.330 e. The van der Waals surface area contributed by atoms with Gasteiger partial charge < -0.3 is 5.73 Å². The van der Waals surface area contributed by atoms with Crippen molar-refractivity contribution in [1.29, 1.82) is 0 Å². The molecule has 3 unspecified atom stereocenters. The second kappa shape index (κ2) is 6.56. The first-order chi connectivity index (χ1) is 9.13. The highest BCUT2D eigenvalue weighted by Gasteiger charge is 2.28. The predicted octanol–water partition coefficient (Wildman–Crippen LogP) is 4.25. The molecule has 0 aromatic heterocycles. The first-order valence-electron chi connectivity index (χ1n) is 7.90.